The Morgan fingerprint density at radius 3 is 1.66 bits per heavy atom. The minimum atomic E-state index is -0.616. The highest BCUT2D eigenvalue weighted by Crippen LogP contribution is 2.18. The van der Waals surface area contributed by atoms with E-state index in [1.54, 1.807) is 0 Å². The maximum Gasteiger partial charge on any atom is 0.508 e. The van der Waals surface area contributed by atoms with Crippen LogP contribution in [0.5, 0.6) is 0 Å². The predicted molar refractivity (Wildman–Crippen MR) is 205 cm³/mol. The molecule has 2 unspecified atom stereocenters. The summed E-state index contributed by atoms with van der Waals surface area (Å²) in [7, 11) is 2.11. The summed E-state index contributed by atoms with van der Waals surface area (Å²) >= 11 is 0. The lowest BCUT2D eigenvalue weighted by atomic mass is 10.00. The summed E-state index contributed by atoms with van der Waals surface area (Å²) in [5.41, 5.74) is 0. The third kappa shape index (κ3) is 29.2. The number of ether oxygens (including phenoxy) is 5. The molecule has 0 aliphatic carbocycles. The summed E-state index contributed by atoms with van der Waals surface area (Å²) in [5.74, 6) is 0.0661. The van der Waals surface area contributed by atoms with E-state index in [0.717, 1.165) is 58.0 Å². The number of rotatable bonds is 35. The normalized spacial score (nSPS) is 15.7. The molecular formula is C42H81NO7. The molecule has 0 aromatic carbocycles. The monoisotopic (exact) mass is 712 g/mol. The van der Waals surface area contributed by atoms with Crippen LogP contribution in [0.1, 0.15) is 188 Å². The molecule has 0 amide bonds. The zero-order valence-corrected chi connectivity index (χ0v) is 33.4. The van der Waals surface area contributed by atoms with Crippen molar-refractivity contribution in [3.63, 3.8) is 0 Å². The number of esters is 1. The Hall–Kier alpha value is -1.38. The molecule has 50 heavy (non-hydrogen) atoms. The van der Waals surface area contributed by atoms with E-state index in [1.165, 1.54) is 109 Å². The third-order valence-corrected chi connectivity index (χ3v) is 9.98. The molecule has 1 fully saturated rings. The summed E-state index contributed by atoms with van der Waals surface area (Å²) in [6, 6.07) is 0. The summed E-state index contributed by atoms with van der Waals surface area (Å²) < 4.78 is 29.0. The maximum absolute atomic E-state index is 12.9. The van der Waals surface area contributed by atoms with E-state index >= 15 is 0 Å². The Morgan fingerprint density at radius 2 is 1.12 bits per heavy atom. The molecule has 1 saturated heterocycles. The zero-order chi connectivity index (χ0) is 36.3. The van der Waals surface area contributed by atoms with Crippen LogP contribution >= 0.6 is 0 Å². The van der Waals surface area contributed by atoms with Gasteiger partial charge in [0.2, 0.25) is 0 Å². The van der Waals surface area contributed by atoms with Gasteiger partial charge in [-0.15, -0.1) is 0 Å². The molecular weight excluding hydrogens is 630 g/mol. The smallest absolute Gasteiger partial charge is 0.465 e. The quantitative estimate of drug-likeness (QED) is 0.0365. The van der Waals surface area contributed by atoms with Crippen molar-refractivity contribution in [2.45, 2.75) is 194 Å². The van der Waals surface area contributed by atoms with Crippen LogP contribution in [0.25, 0.3) is 0 Å². The van der Waals surface area contributed by atoms with Gasteiger partial charge in [0.1, 0.15) is 6.61 Å². The van der Waals surface area contributed by atoms with E-state index in [4.69, 9.17) is 23.7 Å². The van der Waals surface area contributed by atoms with Crippen molar-refractivity contribution in [1.82, 2.24) is 4.90 Å². The minimum absolute atomic E-state index is 0.0411. The lowest BCUT2D eigenvalue weighted by Gasteiger charge is -2.29. The fraction of sp³-hybridized carbons (Fsp3) is 0.952. The van der Waals surface area contributed by atoms with E-state index < -0.39 is 6.16 Å². The molecule has 1 heterocycles. The Labute approximate surface area is 308 Å². The molecule has 0 saturated carbocycles. The number of likely N-dealkylation sites (tertiary alicyclic amines) is 1. The Balaban J connectivity index is 2.51. The Morgan fingerprint density at radius 1 is 0.620 bits per heavy atom. The highest BCUT2D eigenvalue weighted by molar-refractivity contribution is 5.69. The molecule has 0 aromatic rings. The van der Waals surface area contributed by atoms with Crippen molar-refractivity contribution in [2.75, 3.05) is 53.2 Å². The van der Waals surface area contributed by atoms with E-state index in [1.807, 2.05) is 0 Å². The first-order valence-electron chi connectivity index (χ1n) is 21.3. The summed E-state index contributed by atoms with van der Waals surface area (Å²) in [4.78, 5) is 27.6. The summed E-state index contributed by atoms with van der Waals surface area (Å²) in [5, 5.41) is 0. The lowest BCUT2D eigenvalue weighted by Crippen LogP contribution is -2.34. The molecule has 8 nitrogen and oxygen atoms in total. The van der Waals surface area contributed by atoms with Crippen molar-refractivity contribution in [3.8, 4) is 0 Å². The highest BCUT2D eigenvalue weighted by atomic mass is 16.7. The fourth-order valence-electron chi connectivity index (χ4n) is 6.71. The molecule has 0 bridgehead atoms. The number of nitrogens with zero attached hydrogens (tertiary/aromatic N) is 1. The number of unbranched alkanes of at least 4 members (excludes halogenated alkanes) is 18. The minimum Gasteiger partial charge on any atom is -0.465 e. The zero-order valence-electron chi connectivity index (χ0n) is 33.4. The molecule has 1 aliphatic rings. The van der Waals surface area contributed by atoms with Gasteiger partial charge in [0.25, 0.3) is 0 Å². The van der Waals surface area contributed by atoms with Gasteiger partial charge >= 0.3 is 12.1 Å². The molecule has 0 aromatic heterocycles. The standard InChI is InChI=1S/C42H81NO7/c1-5-8-11-14-17-18-19-20-23-27-39(37-50-42(45)49-35-38-28-26-31-43(4)34-38)36-48-40(44)29-30-41(46-32-24-21-15-12-9-6-2)47-33-25-22-16-13-10-7-3/h38-39,41H,5-37H2,1-4H3. The molecule has 0 radical (unpaired) electrons. The number of hydrogen-bond acceptors (Lipinski definition) is 8. The number of hydrogen-bond donors (Lipinski definition) is 0. The largest absolute Gasteiger partial charge is 0.508 e. The van der Waals surface area contributed by atoms with Crippen LogP contribution in [-0.2, 0) is 28.5 Å². The summed E-state index contributed by atoms with van der Waals surface area (Å²) in [6.07, 6.45) is 28.6. The molecule has 2 atom stereocenters. The molecule has 8 heteroatoms. The van der Waals surface area contributed by atoms with Crippen LogP contribution in [0.2, 0.25) is 0 Å². The SMILES string of the molecule is CCCCCCCCCCCC(COC(=O)CCC(OCCCCCCCC)OCCCCCCCC)COC(=O)OCC1CCCN(C)C1. The van der Waals surface area contributed by atoms with Crippen LogP contribution in [0.4, 0.5) is 4.79 Å². The van der Waals surface area contributed by atoms with E-state index in [9.17, 15) is 9.59 Å². The van der Waals surface area contributed by atoms with Crippen LogP contribution in [0, 0.1) is 11.8 Å². The highest BCUT2D eigenvalue weighted by Gasteiger charge is 2.21. The van der Waals surface area contributed by atoms with Crippen LogP contribution in [-0.4, -0.2) is 76.5 Å². The van der Waals surface area contributed by atoms with Crippen molar-refractivity contribution in [2.24, 2.45) is 11.8 Å². The van der Waals surface area contributed by atoms with Gasteiger partial charge in [0, 0.05) is 38.0 Å². The average Bonchev–Trinajstić information content (AvgIpc) is 3.11. The van der Waals surface area contributed by atoms with Gasteiger partial charge in [-0.3, -0.25) is 4.79 Å². The number of piperidine rings is 1. The number of carbonyl (C=O) groups is 2. The van der Waals surface area contributed by atoms with E-state index in [-0.39, 0.29) is 37.8 Å². The number of carbonyl (C=O) groups excluding carboxylic acids is 2. The molecule has 296 valence electrons. The van der Waals surface area contributed by atoms with Gasteiger partial charge in [-0.2, -0.15) is 0 Å². The first kappa shape index (κ1) is 46.6. The predicted octanol–water partition coefficient (Wildman–Crippen LogP) is 11.4. The van der Waals surface area contributed by atoms with Crippen LogP contribution in [0.3, 0.4) is 0 Å². The third-order valence-electron chi connectivity index (χ3n) is 9.98. The van der Waals surface area contributed by atoms with Gasteiger partial charge in [-0.05, 0) is 45.7 Å². The average molecular weight is 712 g/mol. The second kappa shape index (κ2) is 34.7. The van der Waals surface area contributed by atoms with Gasteiger partial charge in [0.05, 0.1) is 19.6 Å². The first-order chi connectivity index (χ1) is 24.5. The van der Waals surface area contributed by atoms with E-state index in [2.05, 4.69) is 32.7 Å². The van der Waals surface area contributed by atoms with Crippen molar-refractivity contribution < 1.29 is 33.3 Å². The first-order valence-corrected chi connectivity index (χ1v) is 21.3. The Bertz CT molecular complexity index is 748. The van der Waals surface area contributed by atoms with Gasteiger partial charge < -0.3 is 28.6 Å². The van der Waals surface area contributed by atoms with Crippen molar-refractivity contribution >= 4 is 12.1 Å². The van der Waals surface area contributed by atoms with Crippen LogP contribution < -0.4 is 0 Å². The van der Waals surface area contributed by atoms with Gasteiger partial charge in [0.15, 0.2) is 6.29 Å². The molecule has 0 spiro atoms. The lowest BCUT2D eigenvalue weighted by molar-refractivity contribution is -0.160. The van der Waals surface area contributed by atoms with Crippen LogP contribution in [0.15, 0.2) is 0 Å². The fourth-order valence-corrected chi connectivity index (χ4v) is 6.71. The topological polar surface area (TPSA) is 83.5 Å². The Kier molecular flexibility index (Phi) is 32.4. The molecule has 0 N–H and O–H groups in total. The van der Waals surface area contributed by atoms with Gasteiger partial charge in [-0.1, -0.05) is 143 Å². The summed E-state index contributed by atoms with van der Waals surface area (Å²) in [6.45, 7) is 10.9. The van der Waals surface area contributed by atoms with Gasteiger partial charge in [-0.25, -0.2) is 4.79 Å². The van der Waals surface area contributed by atoms with Crippen molar-refractivity contribution in [3.05, 3.63) is 0 Å². The van der Waals surface area contributed by atoms with E-state index in [0.29, 0.717) is 32.2 Å². The molecule has 1 aliphatic heterocycles. The van der Waals surface area contributed by atoms with Crippen molar-refractivity contribution in [1.29, 1.82) is 0 Å². The maximum atomic E-state index is 12.9. The molecule has 1 rings (SSSR count). The second-order valence-corrected chi connectivity index (χ2v) is 15.1. The second-order valence-electron chi connectivity index (χ2n) is 15.1.